The number of hydrogen-bond acceptors (Lipinski definition) is 1. The Hall–Kier alpha value is -1.61. The molecule has 0 aliphatic heterocycles. The minimum atomic E-state index is -0.373. The molecule has 0 heterocycles. The normalized spacial score (nSPS) is 10.3. The third kappa shape index (κ3) is 3.17. The molecule has 0 unspecified atom stereocenters. The van der Waals surface area contributed by atoms with E-state index in [-0.39, 0.29) is 11.6 Å². The lowest BCUT2D eigenvalue weighted by atomic mass is 10.2. The van der Waals surface area contributed by atoms with Gasteiger partial charge in [-0.2, -0.15) is 0 Å². The zero-order valence-corrected chi connectivity index (χ0v) is 9.64. The molecule has 2 rings (SSSR count). The van der Waals surface area contributed by atoms with Gasteiger partial charge in [0.2, 0.25) is 0 Å². The van der Waals surface area contributed by atoms with E-state index < -0.39 is 0 Å². The number of halogens is 3. The molecule has 0 aromatic heterocycles. The fourth-order valence-electron chi connectivity index (χ4n) is 1.43. The summed E-state index contributed by atoms with van der Waals surface area (Å²) in [5.74, 6) is -0.643. The summed E-state index contributed by atoms with van der Waals surface area (Å²) in [6.07, 6.45) is 0. The summed E-state index contributed by atoms with van der Waals surface area (Å²) in [7, 11) is 0. The molecule has 0 radical (unpaired) electrons. The van der Waals surface area contributed by atoms with Crippen LogP contribution in [0.3, 0.4) is 0 Å². The van der Waals surface area contributed by atoms with Gasteiger partial charge in [-0.15, -0.1) is 0 Å². The lowest BCUT2D eigenvalue weighted by Gasteiger charge is -2.08. The van der Waals surface area contributed by atoms with Crippen LogP contribution < -0.4 is 5.32 Å². The molecule has 0 spiro atoms. The monoisotopic (exact) mass is 253 g/mol. The van der Waals surface area contributed by atoms with E-state index in [2.05, 4.69) is 5.32 Å². The van der Waals surface area contributed by atoms with Gasteiger partial charge in [-0.25, -0.2) is 8.78 Å². The predicted octanol–water partition coefficient (Wildman–Crippen LogP) is 4.23. The highest BCUT2D eigenvalue weighted by Gasteiger charge is 2.01. The first-order valence-corrected chi connectivity index (χ1v) is 5.46. The van der Waals surface area contributed by atoms with Crippen molar-refractivity contribution in [3.8, 4) is 0 Å². The standard InChI is InChI=1S/C13H10ClF2N/c14-12-7-11(16)5-6-13(12)17-8-9-1-3-10(15)4-2-9/h1-7,17H,8H2. The molecule has 0 fully saturated rings. The highest BCUT2D eigenvalue weighted by Crippen LogP contribution is 2.22. The van der Waals surface area contributed by atoms with Crippen LogP contribution in [0.15, 0.2) is 42.5 Å². The van der Waals surface area contributed by atoms with Crippen molar-refractivity contribution < 1.29 is 8.78 Å². The third-order valence-corrected chi connectivity index (χ3v) is 2.64. The first-order valence-electron chi connectivity index (χ1n) is 5.08. The number of benzene rings is 2. The maximum absolute atomic E-state index is 12.8. The highest BCUT2D eigenvalue weighted by molar-refractivity contribution is 6.33. The molecule has 88 valence electrons. The van der Waals surface area contributed by atoms with Crippen molar-refractivity contribution in [3.05, 3.63) is 64.7 Å². The molecule has 1 N–H and O–H groups in total. The summed E-state index contributed by atoms with van der Waals surface area (Å²) >= 11 is 5.86. The van der Waals surface area contributed by atoms with E-state index in [9.17, 15) is 8.78 Å². The van der Waals surface area contributed by atoms with Crippen LogP contribution >= 0.6 is 11.6 Å². The Labute approximate surface area is 103 Å². The van der Waals surface area contributed by atoms with Crippen molar-refractivity contribution in [1.82, 2.24) is 0 Å². The van der Waals surface area contributed by atoms with Crippen molar-refractivity contribution >= 4 is 17.3 Å². The van der Waals surface area contributed by atoms with Gasteiger partial charge in [-0.1, -0.05) is 23.7 Å². The minimum absolute atomic E-state index is 0.270. The number of hydrogen-bond donors (Lipinski definition) is 1. The first-order chi connectivity index (χ1) is 8.15. The van der Waals surface area contributed by atoms with E-state index in [1.165, 1.54) is 24.3 Å². The molecular weight excluding hydrogens is 244 g/mol. The van der Waals surface area contributed by atoms with Crippen LogP contribution in [0.1, 0.15) is 5.56 Å². The largest absolute Gasteiger partial charge is 0.380 e. The molecule has 2 aromatic rings. The first kappa shape index (κ1) is 11.9. The lowest BCUT2D eigenvalue weighted by Crippen LogP contribution is -2.00. The Morgan fingerprint density at radius 3 is 2.24 bits per heavy atom. The van der Waals surface area contributed by atoms with E-state index >= 15 is 0 Å². The summed E-state index contributed by atoms with van der Waals surface area (Å²) in [5.41, 5.74) is 1.57. The summed E-state index contributed by atoms with van der Waals surface area (Å²) in [6.45, 7) is 0.506. The van der Waals surface area contributed by atoms with Gasteiger partial charge in [0.15, 0.2) is 0 Å². The SMILES string of the molecule is Fc1ccc(CNc2ccc(F)cc2Cl)cc1. The van der Waals surface area contributed by atoms with Crippen molar-refractivity contribution in [2.24, 2.45) is 0 Å². The molecule has 4 heteroatoms. The Balaban J connectivity index is 2.04. The van der Waals surface area contributed by atoms with E-state index in [1.54, 1.807) is 18.2 Å². The number of rotatable bonds is 3. The average Bonchev–Trinajstić information content (AvgIpc) is 2.30. The molecule has 0 atom stereocenters. The van der Waals surface area contributed by atoms with Gasteiger partial charge >= 0.3 is 0 Å². The fraction of sp³-hybridized carbons (Fsp3) is 0.0769. The van der Waals surface area contributed by atoms with E-state index in [0.717, 1.165) is 5.56 Å². The second-order valence-corrected chi connectivity index (χ2v) is 4.01. The third-order valence-electron chi connectivity index (χ3n) is 2.33. The summed E-state index contributed by atoms with van der Waals surface area (Å²) in [5, 5.41) is 3.38. The topological polar surface area (TPSA) is 12.0 Å². The maximum Gasteiger partial charge on any atom is 0.124 e. The second kappa shape index (κ2) is 5.15. The van der Waals surface area contributed by atoms with Crippen LogP contribution in [0.4, 0.5) is 14.5 Å². The summed E-state index contributed by atoms with van der Waals surface area (Å²) in [6, 6.07) is 10.3. The molecule has 0 aliphatic carbocycles. The Morgan fingerprint density at radius 1 is 0.941 bits per heavy atom. The van der Waals surface area contributed by atoms with Crippen LogP contribution in [0.5, 0.6) is 0 Å². The Bertz CT molecular complexity index is 511. The molecule has 0 saturated heterocycles. The quantitative estimate of drug-likeness (QED) is 0.863. The summed E-state index contributed by atoms with van der Waals surface area (Å²) < 4.78 is 25.5. The van der Waals surface area contributed by atoms with Gasteiger partial charge in [-0.3, -0.25) is 0 Å². The molecular formula is C13H10ClF2N. The zero-order valence-electron chi connectivity index (χ0n) is 8.88. The molecule has 17 heavy (non-hydrogen) atoms. The van der Waals surface area contributed by atoms with Gasteiger partial charge in [0.05, 0.1) is 10.7 Å². The molecule has 0 saturated carbocycles. The Morgan fingerprint density at radius 2 is 1.59 bits per heavy atom. The van der Waals surface area contributed by atoms with Crippen LogP contribution in [-0.4, -0.2) is 0 Å². The minimum Gasteiger partial charge on any atom is -0.380 e. The number of anilines is 1. The van der Waals surface area contributed by atoms with Crippen molar-refractivity contribution in [1.29, 1.82) is 0 Å². The molecule has 0 amide bonds. The maximum atomic E-state index is 12.8. The fourth-order valence-corrected chi connectivity index (χ4v) is 1.67. The van der Waals surface area contributed by atoms with Gasteiger partial charge < -0.3 is 5.32 Å². The van der Waals surface area contributed by atoms with Crippen LogP contribution in [-0.2, 0) is 6.54 Å². The van der Waals surface area contributed by atoms with Gasteiger partial charge in [0, 0.05) is 6.54 Å². The second-order valence-electron chi connectivity index (χ2n) is 3.60. The average molecular weight is 254 g/mol. The molecule has 2 aromatic carbocycles. The highest BCUT2D eigenvalue weighted by atomic mass is 35.5. The predicted molar refractivity (Wildman–Crippen MR) is 65.1 cm³/mol. The van der Waals surface area contributed by atoms with Crippen LogP contribution in [0.2, 0.25) is 5.02 Å². The molecule has 1 nitrogen and oxygen atoms in total. The van der Waals surface area contributed by atoms with E-state index in [4.69, 9.17) is 11.6 Å². The van der Waals surface area contributed by atoms with Crippen LogP contribution in [0.25, 0.3) is 0 Å². The van der Waals surface area contributed by atoms with Crippen molar-refractivity contribution in [2.45, 2.75) is 6.54 Å². The smallest absolute Gasteiger partial charge is 0.124 e. The van der Waals surface area contributed by atoms with Gasteiger partial charge in [0.1, 0.15) is 11.6 Å². The zero-order chi connectivity index (χ0) is 12.3. The lowest BCUT2D eigenvalue weighted by molar-refractivity contribution is 0.626. The number of nitrogens with one attached hydrogen (secondary N) is 1. The molecule has 0 bridgehead atoms. The van der Waals surface area contributed by atoms with Crippen LogP contribution in [0, 0.1) is 11.6 Å². The van der Waals surface area contributed by atoms with E-state index in [0.29, 0.717) is 17.3 Å². The van der Waals surface area contributed by atoms with Gasteiger partial charge in [0.25, 0.3) is 0 Å². The van der Waals surface area contributed by atoms with Gasteiger partial charge in [-0.05, 0) is 35.9 Å². The van der Waals surface area contributed by atoms with E-state index in [1.807, 2.05) is 0 Å². The summed E-state index contributed by atoms with van der Waals surface area (Å²) in [4.78, 5) is 0. The van der Waals surface area contributed by atoms with Crippen molar-refractivity contribution in [2.75, 3.05) is 5.32 Å². The van der Waals surface area contributed by atoms with Crippen molar-refractivity contribution in [3.63, 3.8) is 0 Å². The Kier molecular flexibility index (Phi) is 3.59. The molecule has 0 aliphatic rings.